The number of aromatic nitrogens is 1. The van der Waals surface area contributed by atoms with Crippen LogP contribution in [0.1, 0.15) is 0 Å². The van der Waals surface area contributed by atoms with E-state index in [4.69, 9.17) is 0 Å². The predicted octanol–water partition coefficient (Wildman–Crippen LogP) is -0.779. The summed E-state index contributed by atoms with van der Waals surface area (Å²) in [6.45, 7) is 0. The number of nitrogens with one attached hydrogen (secondary N) is 1. The lowest BCUT2D eigenvalue weighted by Crippen LogP contribution is -2.27. The zero-order valence-electron chi connectivity index (χ0n) is 5.08. The fourth-order valence-electron chi connectivity index (χ4n) is 0.333. The molecular formula is C4H4N2O3S. The molecule has 1 aromatic heterocycles. The maximum absolute atomic E-state index is 10.4. The quantitative estimate of drug-likeness (QED) is 0.547. The Labute approximate surface area is 60.9 Å². The number of carbonyl (C=O) groups is 1. The highest BCUT2D eigenvalue weighted by Crippen LogP contribution is 1.83. The Morgan fingerprint density at radius 2 is 2.30 bits per heavy atom. The zero-order valence-corrected chi connectivity index (χ0v) is 5.90. The van der Waals surface area contributed by atoms with Crippen molar-refractivity contribution in [2.75, 3.05) is 7.05 Å². The van der Waals surface area contributed by atoms with Gasteiger partial charge in [0.25, 0.3) is 0 Å². The van der Waals surface area contributed by atoms with Crippen LogP contribution in [-0.2, 0) is 0 Å². The lowest BCUT2D eigenvalue weighted by atomic mass is 11.1. The first-order chi connectivity index (χ1) is 4.66. The Morgan fingerprint density at radius 3 is 2.60 bits per heavy atom. The normalized spacial score (nSPS) is 9.70. The van der Waals surface area contributed by atoms with Crippen LogP contribution in [0.5, 0.6) is 0 Å². The third-order valence-electron chi connectivity index (χ3n) is 0.880. The summed E-state index contributed by atoms with van der Waals surface area (Å²) in [6, 6.07) is 0. The number of rotatable bonds is 1. The smallest absolute Gasteiger partial charge is 0.323 e. The van der Waals surface area contributed by atoms with Gasteiger partial charge in [-0.15, -0.1) is 4.73 Å². The van der Waals surface area contributed by atoms with Gasteiger partial charge in [-0.3, -0.25) is 4.79 Å². The average molecular weight is 160 g/mol. The van der Waals surface area contributed by atoms with Crippen LogP contribution in [0.25, 0.3) is 0 Å². The molecule has 0 aromatic carbocycles. The van der Waals surface area contributed by atoms with Crippen molar-refractivity contribution < 1.29 is 9.63 Å². The Hall–Kier alpha value is -1.17. The van der Waals surface area contributed by atoms with Crippen molar-refractivity contribution in [3.8, 4) is 0 Å². The molecule has 0 radical (unpaired) electrons. The van der Waals surface area contributed by atoms with E-state index in [1.165, 1.54) is 7.05 Å². The van der Waals surface area contributed by atoms with Crippen molar-refractivity contribution in [2.45, 2.75) is 0 Å². The third-order valence-corrected chi connectivity index (χ3v) is 1.22. The molecule has 0 aliphatic carbocycles. The molecule has 1 heterocycles. The fourth-order valence-corrected chi connectivity index (χ4v) is 0.491. The molecule has 0 atom stereocenters. The highest BCUT2D eigenvalue weighted by Gasteiger charge is 2.15. The molecule has 54 valence electrons. The summed E-state index contributed by atoms with van der Waals surface area (Å²) >= 11 is 4.43. The number of nitrogens with zero attached hydrogens (tertiary/aromatic N) is 1. The van der Waals surface area contributed by atoms with Crippen LogP contribution in [0, 0.1) is 4.64 Å². The molecule has 0 saturated heterocycles. The Bertz CT molecular complexity index is 296. The average Bonchev–Trinajstić information content (AvgIpc) is 2.45. The molecule has 1 rings (SSSR count). The molecule has 0 aliphatic rings. The molecule has 10 heavy (non-hydrogen) atoms. The lowest BCUT2D eigenvalue weighted by molar-refractivity contribution is 0.145. The minimum Gasteiger partial charge on any atom is -0.323 e. The second kappa shape index (κ2) is 2.22. The van der Waals surface area contributed by atoms with Crippen LogP contribution >= 0.6 is 12.2 Å². The van der Waals surface area contributed by atoms with Crippen molar-refractivity contribution in [3.05, 3.63) is 15.0 Å². The predicted molar refractivity (Wildman–Crippen MR) is 34.9 cm³/mol. The first-order valence-corrected chi connectivity index (χ1v) is 2.85. The minimum atomic E-state index is -0.701. The van der Waals surface area contributed by atoms with Gasteiger partial charge in [0.15, 0.2) is 0 Å². The van der Waals surface area contributed by atoms with E-state index in [1.807, 2.05) is 0 Å². The molecular weight excluding hydrogens is 156 g/mol. The van der Waals surface area contributed by atoms with Crippen LogP contribution < -0.4 is 15.7 Å². The monoisotopic (exact) mass is 160 g/mol. The summed E-state index contributed by atoms with van der Waals surface area (Å²) in [4.78, 5) is 25.0. The van der Waals surface area contributed by atoms with E-state index in [9.17, 15) is 9.59 Å². The summed E-state index contributed by atoms with van der Waals surface area (Å²) in [6.07, 6.45) is -0.701. The fraction of sp³-hybridized carbons (Fsp3) is 0.250. The van der Waals surface area contributed by atoms with Gasteiger partial charge in [0.2, 0.25) is 4.64 Å². The van der Waals surface area contributed by atoms with E-state index < -0.39 is 11.7 Å². The Balaban J connectivity index is 2.59. The van der Waals surface area contributed by atoms with Gasteiger partial charge in [-0.05, 0) is 0 Å². The highest BCUT2D eigenvalue weighted by molar-refractivity contribution is 7.71. The van der Waals surface area contributed by atoms with Crippen LogP contribution in [0.4, 0.5) is 4.79 Å². The van der Waals surface area contributed by atoms with E-state index in [-0.39, 0.29) is 4.64 Å². The second-order valence-corrected chi connectivity index (χ2v) is 1.92. The lowest BCUT2D eigenvalue weighted by Gasteiger charge is -1.93. The van der Waals surface area contributed by atoms with Crippen LogP contribution in [0.15, 0.2) is 4.79 Å². The molecule has 0 fully saturated rings. The number of amides is 1. The molecule has 1 N–H and O–H groups in total. The van der Waals surface area contributed by atoms with Crippen LogP contribution in [0.3, 0.4) is 0 Å². The molecule has 0 unspecified atom stereocenters. The topological polar surface area (TPSA) is 60.3 Å². The van der Waals surface area contributed by atoms with Crippen molar-refractivity contribution in [1.82, 2.24) is 10.0 Å². The van der Waals surface area contributed by atoms with E-state index in [0.717, 1.165) is 4.73 Å². The van der Waals surface area contributed by atoms with Crippen LogP contribution in [-0.4, -0.2) is 17.9 Å². The second-order valence-electron chi connectivity index (χ2n) is 1.53. The largest absolute Gasteiger partial charge is 0.431 e. The minimum absolute atomic E-state index is 0.0311. The molecule has 0 aliphatic heterocycles. The van der Waals surface area contributed by atoms with E-state index >= 15 is 0 Å². The zero-order chi connectivity index (χ0) is 7.72. The number of hydrogen-bond acceptors (Lipinski definition) is 4. The van der Waals surface area contributed by atoms with Gasteiger partial charge in [-0.1, -0.05) is 12.2 Å². The standard InChI is InChI=1S/C4H4N2O3S/c1-5-4(8)9-6-2(7)3(6)10/h1H3,(H,5,8). The Kier molecular flexibility index (Phi) is 1.54. The van der Waals surface area contributed by atoms with E-state index in [0.29, 0.717) is 0 Å². The maximum atomic E-state index is 10.4. The molecule has 0 bridgehead atoms. The molecule has 0 saturated carbocycles. The van der Waals surface area contributed by atoms with Crippen molar-refractivity contribution in [3.63, 3.8) is 0 Å². The molecule has 1 amide bonds. The SMILES string of the molecule is CNC(=O)On1c(=O)c1=S. The molecule has 6 heteroatoms. The van der Waals surface area contributed by atoms with Gasteiger partial charge in [-0.2, -0.15) is 0 Å². The summed E-state index contributed by atoms with van der Waals surface area (Å²) in [7, 11) is 1.39. The van der Waals surface area contributed by atoms with Crippen LogP contribution in [0.2, 0.25) is 0 Å². The summed E-state index contributed by atoms with van der Waals surface area (Å²) in [5, 5.41) is 2.16. The highest BCUT2D eigenvalue weighted by atomic mass is 32.1. The van der Waals surface area contributed by atoms with Crippen molar-refractivity contribution in [2.24, 2.45) is 0 Å². The van der Waals surface area contributed by atoms with Gasteiger partial charge in [0.1, 0.15) is 0 Å². The summed E-state index contributed by atoms with van der Waals surface area (Å²) < 4.78 is 0.775. The number of hydrogen-bond donors (Lipinski definition) is 1. The summed E-state index contributed by atoms with van der Waals surface area (Å²) in [5.74, 6) is 0. The number of carbonyl (C=O) groups excluding carboxylic acids is 1. The van der Waals surface area contributed by atoms with E-state index in [2.05, 4.69) is 22.4 Å². The first kappa shape index (κ1) is 6.94. The third kappa shape index (κ3) is 1.06. The van der Waals surface area contributed by atoms with Crippen molar-refractivity contribution >= 4 is 18.3 Å². The van der Waals surface area contributed by atoms with Gasteiger partial charge in [0.05, 0.1) is 0 Å². The molecule has 1 aromatic rings. The summed E-state index contributed by atoms with van der Waals surface area (Å²) in [5.41, 5.74) is -0.432. The van der Waals surface area contributed by atoms with Gasteiger partial charge in [0, 0.05) is 7.05 Å². The van der Waals surface area contributed by atoms with E-state index in [1.54, 1.807) is 0 Å². The first-order valence-electron chi connectivity index (χ1n) is 2.45. The molecule has 5 nitrogen and oxygen atoms in total. The van der Waals surface area contributed by atoms with Gasteiger partial charge in [-0.25, -0.2) is 4.79 Å². The maximum Gasteiger partial charge on any atom is 0.431 e. The van der Waals surface area contributed by atoms with Gasteiger partial charge < -0.3 is 10.2 Å². The Morgan fingerprint density at radius 1 is 1.80 bits per heavy atom. The van der Waals surface area contributed by atoms with Gasteiger partial charge >= 0.3 is 11.7 Å². The van der Waals surface area contributed by atoms with Crippen molar-refractivity contribution in [1.29, 1.82) is 0 Å². The molecule has 0 spiro atoms.